The van der Waals surface area contributed by atoms with Crippen LogP contribution in [0.3, 0.4) is 0 Å². The number of nitrogens with one attached hydrogen (secondary N) is 2. The maximum Gasteiger partial charge on any atom is 0.358 e. The van der Waals surface area contributed by atoms with Crippen LogP contribution >= 0.6 is 0 Å². The SMILES string of the molecule is CCOC(=O)c1ccn(-c2cccc(NC(=O)NCc3cccnc3-n3cncn3)c2)n1. The van der Waals surface area contributed by atoms with E-state index in [1.54, 1.807) is 56.0 Å². The van der Waals surface area contributed by atoms with Gasteiger partial charge in [0.05, 0.1) is 12.3 Å². The summed E-state index contributed by atoms with van der Waals surface area (Å²) >= 11 is 0. The molecule has 4 aromatic rings. The van der Waals surface area contributed by atoms with Crippen molar-refractivity contribution in [2.24, 2.45) is 0 Å². The van der Waals surface area contributed by atoms with Crippen molar-refractivity contribution in [3.63, 3.8) is 0 Å². The number of rotatable bonds is 7. The van der Waals surface area contributed by atoms with Crippen LogP contribution < -0.4 is 10.6 Å². The van der Waals surface area contributed by atoms with Gasteiger partial charge in [0.1, 0.15) is 12.7 Å². The van der Waals surface area contributed by atoms with Crippen molar-refractivity contribution in [3.05, 3.63) is 78.8 Å². The Bertz CT molecular complexity index is 1220. The van der Waals surface area contributed by atoms with Crippen molar-refractivity contribution < 1.29 is 14.3 Å². The van der Waals surface area contributed by atoms with Crippen LogP contribution in [0.5, 0.6) is 0 Å². The second-order valence-corrected chi connectivity index (χ2v) is 6.55. The lowest BCUT2D eigenvalue weighted by atomic mass is 10.2. The Morgan fingerprint density at radius 2 is 2.03 bits per heavy atom. The molecule has 0 saturated heterocycles. The highest BCUT2D eigenvalue weighted by Crippen LogP contribution is 2.15. The monoisotopic (exact) mass is 432 g/mol. The van der Waals surface area contributed by atoms with E-state index in [0.29, 0.717) is 17.2 Å². The molecule has 0 radical (unpaired) electrons. The molecule has 3 heterocycles. The maximum absolute atomic E-state index is 12.4. The van der Waals surface area contributed by atoms with Gasteiger partial charge in [-0.25, -0.2) is 28.9 Å². The minimum absolute atomic E-state index is 0.211. The summed E-state index contributed by atoms with van der Waals surface area (Å²) in [6, 6.07) is 11.9. The molecule has 0 aliphatic heterocycles. The largest absolute Gasteiger partial charge is 0.461 e. The molecule has 0 spiro atoms. The van der Waals surface area contributed by atoms with E-state index in [2.05, 4.69) is 30.8 Å². The molecule has 2 N–H and O–H groups in total. The molecule has 0 saturated carbocycles. The number of ether oxygens (including phenoxy) is 1. The Hall–Kier alpha value is -4.54. The predicted molar refractivity (Wildman–Crippen MR) is 115 cm³/mol. The second kappa shape index (κ2) is 9.51. The summed E-state index contributed by atoms with van der Waals surface area (Å²) in [5, 5.41) is 13.9. The first-order valence-electron chi connectivity index (χ1n) is 9.81. The number of carbonyl (C=O) groups is 2. The van der Waals surface area contributed by atoms with Crippen molar-refractivity contribution in [2.45, 2.75) is 13.5 Å². The molecular weight excluding hydrogens is 412 g/mol. The summed E-state index contributed by atoms with van der Waals surface area (Å²) < 4.78 is 8.03. The molecule has 4 rings (SSSR count). The zero-order valence-corrected chi connectivity index (χ0v) is 17.2. The van der Waals surface area contributed by atoms with Crippen molar-refractivity contribution in [1.82, 2.24) is 34.8 Å². The quantitative estimate of drug-likeness (QED) is 0.429. The summed E-state index contributed by atoms with van der Waals surface area (Å²) in [6.07, 6.45) is 6.26. The molecule has 3 aromatic heterocycles. The molecule has 0 aliphatic rings. The van der Waals surface area contributed by atoms with E-state index >= 15 is 0 Å². The smallest absolute Gasteiger partial charge is 0.358 e. The van der Waals surface area contributed by atoms with Gasteiger partial charge in [0.2, 0.25) is 0 Å². The predicted octanol–water partition coefficient (Wildman–Crippen LogP) is 2.35. The normalized spacial score (nSPS) is 10.5. The molecule has 11 heteroatoms. The van der Waals surface area contributed by atoms with Crippen LogP contribution in [-0.4, -0.2) is 48.1 Å². The Labute approximate surface area is 183 Å². The molecule has 0 unspecified atom stereocenters. The molecule has 0 fully saturated rings. The standard InChI is InChI=1S/C21H20N8O3/c1-2-32-20(30)18-8-10-28(27-18)17-7-3-6-16(11-17)26-21(31)24-12-15-5-4-9-23-19(15)29-14-22-13-25-29/h3-11,13-14H,2,12H2,1H3,(H2,24,26,31). The fraction of sp³-hybridized carbons (Fsp3) is 0.143. The van der Waals surface area contributed by atoms with E-state index < -0.39 is 5.97 Å². The van der Waals surface area contributed by atoms with Gasteiger partial charge in [-0.05, 0) is 37.3 Å². The number of amides is 2. The van der Waals surface area contributed by atoms with Crippen molar-refractivity contribution in [3.8, 4) is 11.5 Å². The third-order valence-electron chi connectivity index (χ3n) is 4.38. The first-order chi connectivity index (χ1) is 15.6. The molecule has 32 heavy (non-hydrogen) atoms. The Balaban J connectivity index is 1.40. The number of nitrogens with zero attached hydrogens (tertiary/aromatic N) is 6. The van der Waals surface area contributed by atoms with Crippen LogP contribution in [0.25, 0.3) is 11.5 Å². The molecule has 0 bridgehead atoms. The first kappa shape index (κ1) is 20.7. The minimum atomic E-state index is -0.486. The summed E-state index contributed by atoms with van der Waals surface area (Å²) in [5.41, 5.74) is 2.24. The molecule has 11 nitrogen and oxygen atoms in total. The summed E-state index contributed by atoms with van der Waals surface area (Å²) in [4.78, 5) is 32.5. The number of urea groups is 1. The third-order valence-corrected chi connectivity index (χ3v) is 4.38. The molecular formula is C21H20N8O3. The van der Waals surface area contributed by atoms with E-state index in [4.69, 9.17) is 4.74 Å². The Morgan fingerprint density at radius 3 is 2.84 bits per heavy atom. The first-order valence-corrected chi connectivity index (χ1v) is 9.81. The van der Waals surface area contributed by atoms with Crippen LogP contribution in [0, 0.1) is 0 Å². The van der Waals surface area contributed by atoms with E-state index in [-0.39, 0.29) is 24.9 Å². The fourth-order valence-electron chi connectivity index (χ4n) is 2.95. The van der Waals surface area contributed by atoms with E-state index in [0.717, 1.165) is 5.56 Å². The number of aromatic nitrogens is 6. The lowest BCUT2D eigenvalue weighted by molar-refractivity contribution is 0.0519. The van der Waals surface area contributed by atoms with Gasteiger partial charge in [-0.15, -0.1) is 0 Å². The maximum atomic E-state index is 12.4. The average molecular weight is 432 g/mol. The number of esters is 1. The van der Waals surface area contributed by atoms with E-state index in [1.807, 2.05) is 12.1 Å². The van der Waals surface area contributed by atoms with Gasteiger partial charge in [0, 0.05) is 30.2 Å². The molecule has 2 amide bonds. The van der Waals surface area contributed by atoms with Crippen LogP contribution in [0.15, 0.2) is 67.5 Å². The fourth-order valence-corrected chi connectivity index (χ4v) is 2.95. The Morgan fingerprint density at radius 1 is 1.12 bits per heavy atom. The highest BCUT2D eigenvalue weighted by Gasteiger charge is 2.12. The van der Waals surface area contributed by atoms with E-state index in [1.165, 1.54) is 15.7 Å². The zero-order valence-electron chi connectivity index (χ0n) is 17.2. The summed E-state index contributed by atoms with van der Waals surface area (Å²) in [6.45, 7) is 2.26. The number of benzene rings is 1. The van der Waals surface area contributed by atoms with Gasteiger partial charge in [-0.1, -0.05) is 12.1 Å². The summed E-state index contributed by atoms with van der Waals surface area (Å²) in [7, 11) is 0. The molecule has 162 valence electrons. The number of anilines is 1. The van der Waals surface area contributed by atoms with Crippen molar-refractivity contribution >= 4 is 17.7 Å². The number of hydrogen-bond acceptors (Lipinski definition) is 7. The highest BCUT2D eigenvalue weighted by molar-refractivity contribution is 5.89. The van der Waals surface area contributed by atoms with Crippen LogP contribution in [0.2, 0.25) is 0 Å². The zero-order chi connectivity index (χ0) is 22.3. The van der Waals surface area contributed by atoms with Crippen LogP contribution in [0.4, 0.5) is 10.5 Å². The number of pyridine rings is 1. The van der Waals surface area contributed by atoms with Gasteiger partial charge in [0.25, 0.3) is 0 Å². The van der Waals surface area contributed by atoms with Gasteiger partial charge >= 0.3 is 12.0 Å². The number of hydrogen-bond donors (Lipinski definition) is 2. The highest BCUT2D eigenvalue weighted by atomic mass is 16.5. The van der Waals surface area contributed by atoms with Gasteiger partial charge < -0.3 is 15.4 Å². The molecule has 0 aliphatic carbocycles. The lowest BCUT2D eigenvalue weighted by Gasteiger charge is -2.11. The summed E-state index contributed by atoms with van der Waals surface area (Å²) in [5.74, 6) is 0.101. The average Bonchev–Trinajstić information content (AvgIpc) is 3.51. The van der Waals surface area contributed by atoms with Gasteiger partial charge in [-0.3, -0.25) is 0 Å². The van der Waals surface area contributed by atoms with Gasteiger partial charge in [0.15, 0.2) is 11.5 Å². The number of carbonyl (C=O) groups excluding carboxylic acids is 2. The van der Waals surface area contributed by atoms with Crippen LogP contribution in [-0.2, 0) is 11.3 Å². The third kappa shape index (κ3) is 4.78. The van der Waals surface area contributed by atoms with Crippen LogP contribution in [0.1, 0.15) is 23.0 Å². The Kier molecular flexibility index (Phi) is 6.16. The van der Waals surface area contributed by atoms with Crippen molar-refractivity contribution in [1.29, 1.82) is 0 Å². The lowest BCUT2D eigenvalue weighted by Crippen LogP contribution is -2.28. The minimum Gasteiger partial charge on any atom is -0.461 e. The van der Waals surface area contributed by atoms with E-state index in [9.17, 15) is 9.59 Å². The topological polar surface area (TPSA) is 129 Å². The van der Waals surface area contributed by atoms with Crippen molar-refractivity contribution in [2.75, 3.05) is 11.9 Å². The van der Waals surface area contributed by atoms with Gasteiger partial charge in [-0.2, -0.15) is 10.2 Å². The molecule has 0 atom stereocenters. The molecule has 1 aromatic carbocycles. The second-order valence-electron chi connectivity index (χ2n) is 6.55.